The number of furan rings is 1. The number of nitrogens with two attached hydrogens (primary N) is 1. The molecule has 2 N–H and O–H groups in total. The Kier molecular flexibility index (Phi) is 3.99. The largest absolute Gasteiger partial charge is 0.467 e. The second-order valence-corrected chi connectivity index (χ2v) is 4.28. The van der Waals surface area contributed by atoms with Crippen LogP contribution in [-0.2, 0) is 13.1 Å². The lowest BCUT2D eigenvalue weighted by Crippen LogP contribution is -2.24. The van der Waals surface area contributed by atoms with E-state index in [2.05, 4.69) is 29.8 Å². The molecule has 0 radical (unpaired) electrons. The van der Waals surface area contributed by atoms with Crippen molar-refractivity contribution in [3.05, 3.63) is 47.5 Å². The van der Waals surface area contributed by atoms with Gasteiger partial charge >= 0.3 is 0 Å². The summed E-state index contributed by atoms with van der Waals surface area (Å²) in [5, 5.41) is 0. The quantitative estimate of drug-likeness (QED) is 0.879. The minimum absolute atomic E-state index is 0.526. The molecule has 0 aliphatic heterocycles. The van der Waals surface area contributed by atoms with Gasteiger partial charge in [-0.1, -0.05) is 0 Å². The number of rotatable bonds is 5. The Morgan fingerprint density at radius 1 is 1.44 bits per heavy atom. The van der Waals surface area contributed by atoms with E-state index in [4.69, 9.17) is 10.2 Å². The Morgan fingerprint density at radius 2 is 2.28 bits per heavy atom. The van der Waals surface area contributed by atoms with Crippen LogP contribution in [0.15, 0.2) is 35.1 Å². The van der Waals surface area contributed by atoms with Crippen LogP contribution in [0.3, 0.4) is 0 Å². The van der Waals surface area contributed by atoms with Crippen molar-refractivity contribution in [2.45, 2.75) is 26.9 Å². The summed E-state index contributed by atoms with van der Waals surface area (Å²) in [5.74, 6) is 1.94. The van der Waals surface area contributed by atoms with Gasteiger partial charge in [-0.15, -0.1) is 0 Å². The molecule has 0 amide bonds. The van der Waals surface area contributed by atoms with Gasteiger partial charge in [-0.2, -0.15) is 0 Å². The number of nitrogens with zero attached hydrogens (tertiary/aromatic N) is 2. The lowest BCUT2D eigenvalue weighted by molar-refractivity contribution is 0.502. The lowest BCUT2D eigenvalue weighted by atomic mass is 10.2. The number of pyridine rings is 1. The Hall–Kier alpha value is -1.81. The Morgan fingerprint density at radius 3 is 2.83 bits per heavy atom. The first-order chi connectivity index (χ1) is 8.74. The van der Waals surface area contributed by atoms with Gasteiger partial charge in [0.05, 0.1) is 12.8 Å². The molecule has 96 valence electrons. The van der Waals surface area contributed by atoms with Crippen molar-refractivity contribution in [3.63, 3.8) is 0 Å². The van der Waals surface area contributed by atoms with Crippen molar-refractivity contribution >= 4 is 5.82 Å². The van der Waals surface area contributed by atoms with Crippen molar-refractivity contribution in [1.82, 2.24) is 4.98 Å². The van der Waals surface area contributed by atoms with Gasteiger partial charge in [0.15, 0.2) is 0 Å². The average Bonchev–Trinajstić information content (AvgIpc) is 2.89. The van der Waals surface area contributed by atoms with Crippen molar-refractivity contribution < 1.29 is 4.42 Å². The monoisotopic (exact) mass is 245 g/mol. The fourth-order valence-electron chi connectivity index (χ4n) is 2.00. The van der Waals surface area contributed by atoms with Crippen molar-refractivity contribution in [3.8, 4) is 0 Å². The maximum atomic E-state index is 5.62. The van der Waals surface area contributed by atoms with Gasteiger partial charge in [0.25, 0.3) is 0 Å². The molecule has 0 aliphatic carbocycles. The molecular weight excluding hydrogens is 226 g/mol. The van der Waals surface area contributed by atoms with E-state index in [9.17, 15) is 0 Å². The molecule has 4 nitrogen and oxygen atoms in total. The van der Waals surface area contributed by atoms with Crippen LogP contribution in [0.25, 0.3) is 0 Å². The van der Waals surface area contributed by atoms with Gasteiger partial charge in [-0.05, 0) is 43.2 Å². The zero-order chi connectivity index (χ0) is 13.0. The van der Waals surface area contributed by atoms with E-state index in [1.54, 1.807) is 6.26 Å². The summed E-state index contributed by atoms with van der Waals surface area (Å²) in [4.78, 5) is 6.69. The molecule has 2 rings (SSSR count). The fraction of sp³-hybridized carbons (Fsp3) is 0.357. The highest BCUT2D eigenvalue weighted by molar-refractivity contribution is 5.47. The van der Waals surface area contributed by atoms with E-state index in [0.29, 0.717) is 6.54 Å². The van der Waals surface area contributed by atoms with E-state index >= 15 is 0 Å². The summed E-state index contributed by atoms with van der Waals surface area (Å²) < 4.78 is 5.38. The highest BCUT2D eigenvalue weighted by Crippen LogP contribution is 2.20. The molecule has 0 saturated heterocycles. The molecule has 4 heteroatoms. The zero-order valence-electron chi connectivity index (χ0n) is 10.9. The van der Waals surface area contributed by atoms with E-state index in [1.165, 1.54) is 0 Å². The summed E-state index contributed by atoms with van der Waals surface area (Å²) >= 11 is 0. The van der Waals surface area contributed by atoms with E-state index in [0.717, 1.165) is 35.8 Å². The average molecular weight is 245 g/mol. The van der Waals surface area contributed by atoms with E-state index in [1.807, 2.05) is 18.3 Å². The summed E-state index contributed by atoms with van der Waals surface area (Å²) in [6.45, 7) is 6.32. The van der Waals surface area contributed by atoms with E-state index in [-0.39, 0.29) is 0 Å². The molecule has 0 aliphatic rings. The van der Waals surface area contributed by atoms with Crippen LogP contribution in [0.5, 0.6) is 0 Å². The van der Waals surface area contributed by atoms with Gasteiger partial charge < -0.3 is 15.1 Å². The Bertz CT molecular complexity index is 494. The highest BCUT2D eigenvalue weighted by Gasteiger charge is 2.11. The first-order valence-electron chi connectivity index (χ1n) is 6.17. The van der Waals surface area contributed by atoms with Crippen molar-refractivity contribution in [2.75, 3.05) is 11.4 Å². The normalized spacial score (nSPS) is 10.6. The molecule has 18 heavy (non-hydrogen) atoms. The summed E-state index contributed by atoms with van der Waals surface area (Å²) in [5.41, 5.74) is 7.82. The third-order valence-corrected chi connectivity index (χ3v) is 2.95. The van der Waals surface area contributed by atoms with Crippen molar-refractivity contribution in [1.29, 1.82) is 0 Å². The van der Waals surface area contributed by atoms with Crippen LogP contribution in [0.4, 0.5) is 5.82 Å². The van der Waals surface area contributed by atoms with Gasteiger partial charge in [-0.25, -0.2) is 4.98 Å². The smallest absolute Gasteiger partial charge is 0.131 e. The second-order valence-electron chi connectivity index (χ2n) is 4.28. The maximum Gasteiger partial charge on any atom is 0.131 e. The van der Waals surface area contributed by atoms with Gasteiger partial charge in [0.2, 0.25) is 0 Å². The number of hydrogen-bond acceptors (Lipinski definition) is 4. The predicted octanol–water partition coefficient (Wildman–Crippen LogP) is 2.47. The molecule has 0 fully saturated rings. The SMILES string of the molecule is CCN(Cc1ccco1)c1ncc(CN)cc1C. The number of hydrogen-bond donors (Lipinski definition) is 1. The Balaban J connectivity index is 2.22. The molecule has 0 saturated carbocycles. The summed E-state index contributed by atoms with van der Waals surface area (Å²) in [7, 11) is 0. The molecule has 0 aromatic carbocycles. The third kappa shape index (κ3) is 2.71. The first kappa shape index (κ1) is 12.6. The predicted molar refractivity (Wildman–Crippen MR) is 72.3 cm³/mol. The Labute approximate surface area is 107 Å². The van der Waals surface area contributed by atoms with Gasteiger partial charge in [0, 0.05) is 19.3 Å². The maximum absolute atomic E-state index is 5.62. The molecule has 0 bridgehead atoms. The molecule has 0 spiro atoms. The molecule has 0 atom stereocenters. The summed E-state index contributed by atoms with van der Waals surface area (Å²) in [6, 6.07) is 5.97. The van der Waals surface area contributed by atoms with Crippen LogP contribution in [-0.4, -0.2) is 11.5 Å². The molecule has 2 aromatic rings. The lowest BCUT2D eigenvalue weighted by Gasteiger charge is -2.22. The van der Waals surface area contributed by atoms with Crippen LogP contribution in [0.1, 0.15) is 23.8 Å². The van der Waals surface area contributed by atoms with Crippen LogP contribution >= 0.6 is 0 Å². The molecular formula is C14H19N3O. The molecule has 2 heterocycles. The van der Waals surface area contributed by atoms with Crippen molar-refractivity contribution in [2.24, 2.45) is 5.73 Å². The minimum atomic E-state index is 0.526. The van der Waals surface area contributed by atoms with Crippen LogP contribution < -0.4 is 10.6 Å². The highest BCUT2D eigenvalue weighted by atomic mass is 16.3. The van der Waals surface area contributed by atoms with Gasteiger partial charge in [0.1, 0.15) is 11.6 Å². The minimum Gasteiger partial charge on any atom is -0.467 e. The fourth-order valence-corrected chi connectivity index (χ4v) is 2.00. The molecule has 0 unspecified atom stereocenters. The molecule has 2 aromatic heterocycles. The summed E-state index contributed by atoms with van der Waals surface area (Å²) in [6.07, 6.45) is 3.54. The van der Waals surface area contributed by atoms with Crippen LogP contribution in [0.2, 0.25) is 0 Å². The van der Waals surface area contributed by atoms with Crippen LogP contribution in [0, 0.1) is 6.92 Å². The first-order valence-corrected chi connectivity index (χ1v) is 6.17. The second kappa shape index (κ2) is 5.69. The van der Waals surface area contributed by atoms with E-state index < -0.39 is 0 Å². The zero-order valence-corrected chi connectivity index (χ0v) is 10.9. The number of aromatic nitrogens is 1. The van der Waals surface area contributed by atoms with Gasteiger partial charge in [-0.3, -0.25) is 0 Å². The third-order valence-electron chi connectivity index (χ3n) is 2.95. The number of aryl methyl sites for hydroxylation is 1. The standard InChI is InChI=1S/C14H19N3O/c1-3-17(10-13-5-4-6-18-13)14-11(2)7-12(8-15)9-16-14/h4-7,9H,3,8,10,15H2,1-2H3. The topological polar surface area (TPSA) is 55.3 Å². The number of anilines is 1.